The lowest BCUT2D eigenvalue weighted by atomic mass is 10.0. The number of carbonyl (C=O) groups is 3. The largest absolute Gasteiger partial charge is 0.481 e. The number of aliphatic hydroxyl groups excluding tert-OH is 2. The van der Waals surface area contributed by atoms with E-state index in [9.17, 15) is 48.3 Å². The molecule has 19 nitrogen and oxygen atoms in total. The molecule has 1 fully saturated rings. The molecule has 1 aromatic heterocycles. The third-order valence-corrected chi connectivity index (χ3v) is 14.4. The van der Waals surface area contributed by atoms with Crippen molar-refractivity contribution < 1.29 is 71.1 Å². The van der Waals surface area contributed by atoms with E-state index in [2.05, 4.69) is 30.1 Å². The Morgan fingerprint density at radius 2 is 1.32 bits per heavy atom. The fraction of sp³-hybridized carbons (Fsp3) is 0.712. The Morgan fingerprint density at radius 3 is 1.95 bits per heavy atom. The van der Waals surface area contributed by atoms with E-state index in [0.717, 1.165) is 61.6 Å². The molecule has 0 saturated carbocycles. The van der Waals surface area contributed by atoms with Gasteiger partial charge in [-0.15, -0.1) is 0 Å². The van der Waals surface area contributed by atoms with E-state index in [0.29, 0.717) is 38.5 Å². The summed E-state index contributed by atoms with van der Waals surface area (Å²) in [5.41, 5.74) is 4.58. The van der Waals surface area contributed by atoms with Gasteiger partial charge >= 0.3 is 33.3 Å². The van der Waals surface area contributed by atoms with Crippen molar-refractivity contribution in [2.45, 2.75) is 212 Å². The normalized spacial score (nSPS) is 19.3. The Hall–Kier alpha value is -3.61. The van der Waals surface area contributed by atoms with Crippen LogP contribution in [0.15, 0.2) is 65.7 Å². The highest BCUT2D eigenvalue weighted by molar-refractivity contribution is 7.61. The average molecular weight is 1070 g/mol. The molecule has 416 valence electrons. The van der Waals surface area contributed by atoms with Crippen molar-refractivity contribution in [2.75, 3.05) is 25.6 Å². The summed E-state index contributed by atoms with van der Waals surface area (Å²) in [6.45, 7) is 4.26. The lowest BCUT2D eigenvalue weighted by Crippen LogP contribution is -2.36. The quantitative estimate of drug-likeness (QED) is 0.0101. The second-order valence-corrected chi connectivity index (χ2v) is 21.9. The van der Waals surface area contributed by atoms with Gasteiger partial charge in [0.15, 0.2) is 18.1 Å². The molecule has 2 heterocycles. The second kappa shape index (κ2) is 38.9. The molecule has 1 aliphatic rings. The van der Waals surface area contributed by atoms with Crippen LogP contribution in [-0.2, 0) is 51.1 Å². The average Bonchev–Trinajstić information content (AvgIpc) is 3.61. The number of phosphoric ester groups is 2. The molecule has 1 aromatic rings. The van der Waals surface area contributed by atoms with Crippen molar-refractivity contribution in [3.63, 3.8) is 0 Å². The maximum atomic E-state index is 12.9. The lowest BCUT2D eigenvalue weighted by molar-refractivity contribution is -0.161. The van der Waals surface area contributed by atoms with Crippen molar-refractivity contribution in [1.82, 2.24) is 9.55 Å². The predicted molar refractivity (Wildman–Crippen MR) is 280 cm³/mol. The van der Waals surface area contributed by atoms with E-state index < -0.39 is 83.7 Å². The van der Waals surface area contributed by atoms with Crippen molar-refractivity contribution in [1.29, 1.82) is 0 Å². The molecule has 0 spiro atoms. The number of nitrogens with zero attached hydrogens (tertiary/aromatic N) is 2. The van der Waals surface area contributed by atoms with Crippen molar-refractivity contribution >= 4 is 39.2 Å². The number of unbranched alkanes of at least 4 members (excludes halogenated alkanes) is 16. The van der Waals surface area contributed by atoms with Gasteiger partial charge in [0.05, 0.1) is 13.2 Å². The van der Waals surface area contributed by atoms with E-state index >= 15 is 0 Å². The first-order valence-electron chi connectivity index (χ1n) is 26.5. The van der Waals surface area contributed by atoms with Gasteiger partial charge < -0.3 is 39.9 Å². The number of aromatic nitrogens is 2. The molecule has 0 radical (unpaired) electrons. The Bertz CT molecular complexity index is 1990. The fourth-order valence-corrected chi connectivity index (χ4v) is 9.79. The molecule has 0 amide bonds. The van der Waals surface area contributed by atoms with Crippen LogP contribution in [0.25, 0.3) is 0 Å². The van der Waals surface area contributed by atoms with Crippen molar-refractivity contribution in [2.24, 2.45) is 5.92 Å². The van der Waals surface area contributed by atoms with Gasteiger partial charge in [-0.25, -0.2) is 13.9 Å². The summed E-state index contributed by atoms with van der Waals surface area (Å²) in [7, 11) is -10.9. The van der Waals surface area contributed by atoms with E-state index in [-0.39, 0.29) is 24.4 Å². The minimum Gasteiger partial charge on any atom is -0.462 e. The molecule has 7 atom stereocenters. The predicted octanol–water partition coefficient (Wildman–Crippen LogP) is 10.4. The molecule has 6 N–H and O–H groups in total. The zero-order chi connectivity index (χ0) is 53.7. The van der Waals surface area contributed by atoms with E-state index in [1.54, 1.807) is 12.2 Å². The molecule has 0 aromatic carbocycles. The summed E-state index contributed by atoms with van der Waals surface area (Å²) in [4.78, 5) is 73.7. The van der Waals surface area contributed by atoms with Crippen LogP contribution in [0.3, 0.4) is 0 Å². The molecular formula is C52H87N3O16P2. The highest BCUT2D eigenvalue weighted by atomic mass is 31.3. The molecule has 21 heteroatoms. The minimum atomic E-state index is -5.45. The smallest absolute Gasteiger partial charge is 0.462 e. The second-order valence-electron chi connectivity index (χ2n) is 18.9. The van der Waals surface area contributed by atoms with Crippen LogP contribution < -0.4 is 11.4 Å². The Morgan fingerprint density at radius 1 is 0.740 bits per heavy atom. The SMILES string of the molecule is CCCCCC(=O)/C=C/C=C\C/C=C\C/C=C\CCCC(=O)O[C@H](COC(=O)CCCCCCCCCCCCCCCCC(C)C)COP(=O)(O)OP(=O)(O)OC[C@H]1O[C@@H](n2ccc(N)nc2=O)[C@H](O)[C@@H]1O. The lowest BCUT2D eigenvalue weighted by Gasteiger charge is -2.21. The molecule has 0 bridgehead atoms. The zero-order valence-corrected chi connectivity index (χ0v) is 45.4. The third-order valence-electron chi connectivity index (χ3n) is 11.8. The maximum absolute atomic E-state index is 12.9. The number of nitrogen functional groups attached to an aromatic ring is 1. The van der Waals surface area contributed by atoms with Crippen LogP contribution in [0, 0.1) is 5.92 Å². The van der Waals surface area contributed by atoms with Crippen LogP contribution in [0.4, 0.5) is 5.82 Å². The summed E-state index contributed by atoms with van der Waals surface area (Å²) in [6.07, 6.45) is 31.9. The molecule has 1 saturated heterocycles. The van der Waals surface area contributed by atoms with Gasteiger partial charge in [-0.1, -0.05) is 166 Å². The van der Waals surface area contributed by atoms with Crippen molar-refractivity contribution in [3.8, 4) is 0 Å². The van der Waals surface area contributed by atoms with E-state index in [1.807, 2.05) is 36.5 Å². The number of esters is 2. The van der Waals surface area contributed by atoms with Gasteiger partial charge in [-0.2, -0.15) is 9.29 Å². The highest BCUT2D eigenvalue weighted by Gasteiger charge is 2.46. The van der Waals surface area contributed by atoms with Gasteiger partial charge in [-0.3, -0.25) is 28.0 Å². The molecule has 2 unspecified atom stereocenters. The molecule has 1 aliphatic heterocycles. The maximum Gasteiger partial charge on any atom is 0.481 e. The van der Waals surface area contributed by atoms with E-state index in [1.165, 1.54) is 70.3 Å². The van der Waals surface area contributed by atoms with Crippen LogP contribution >= 0.6 is 15.6 Å². The third kappa shape index (κ3) is 32.4. The topological polar surface area (TPSA) is 283 Å². The molecule has 73 heavy (non-hydrogen) atoms. The van der Waals surface area contributed by atoms with Crippen LogP contribution in [0.2, 0.25) is 0 Å². The fourth-order valence-electron chi connectivity index (χ4n) is 7.68. The number of hydrogen-bond donors (Lipinski definition) is 5. The monoisotopic (exact) mass is 1070 g/mol. The summed E-state index contributed by atoms with van der Waals surface area (Å²) in [6, 6.07) is 1.24. The Balaban J connectivity index is 1.82. The zero-order valence-electron chi connectivity index (χ0n) is 43.6. The number of carbonyl (C=O) groups excluding carboxylic acids is 3. The Kier molecular flexibility index (Phi) is 34.9. The van der Waals surface area contributed by atoms with Crippen LogP contribution in [0.5, 0.6) is 0 Å². The first-order valence-corrected chi connectivity index (χ1v) is 29.5. The summed E-state index contributed by atoms with van der Waals surface area (Å²) in [5.74, 6) is -0.482. The number of ether oxygens (including phenoxy) is 3. The summed E-state index contributed by atoms with van der Waals surface area (Å²) in [5, 5.41) is 20.9. The first-order chi connectivity index (χ1) is 34.9. The van der Waals surface area contributed by atoms with Gasteiger partial charge in [0.2, 0.25) is 0 Å². The highest BCUT2D eigenvalue weighted by Crippen LogP contribution is 2.60. The first kappa shape index (κ1) is 65.5. The van der Waals surface area contributed by atoms with Crippen molar-refractivity contribution in [3.05, 3.63) is 71.4 Å². The number of phosphoric acid groups is 2. The molecule has 0 aliphatic carbocycles. The van der Waals surface area contributed by atoms with Gasteiger partial charge in [0.25, 0.3) is 0 Å². The standard InChI is InChI=1S/C52H87N3O16P2/c1-4-5-27-33-43(56)34-29-24-20-16-12-10-14-18-22-26-31-36-48(58)69-44(39-66-47(57)35-30-25-21-17-13-9-7-6-8-11-15-19-23-28-32-42(2)3)40-67-72(62,63)71-73(64,65)68-41-45-49(59)50(60)51(70-45)55-38-37-46(53)54-52(55)61/h10,12,18,20,22,24,29,34,37-38,42,44-45,49-51,59-60H,4-9,11,13-17,19,21,23,25-28,30-33,35-36,39-41H2,1-3H3,(H,62,63)(H,64,65)(H2,53,54,61)/b12-10-,22-18-,24-20-,34-29+/t44-,45-,49-,50-,51-/m1/s1. The number of hydrogen-bond acceptors (Lipinski definition) is 16. The van der Waals surface area contributed by atoms with Gasteiger partial charge in [0.1, 0.15) is 30.7 Å². The minimum absolute atomic E-state index is 0.0518. The van der Waals surface area contributed by atoms with E-state index in [4.69, 9.17) is 29.0 Å². The number of rotatable bonds is 43. The summed E-state index contributed by atoms with van der Waals surface area (Å²) >= 11 is 0. The van der Waals surface area contributed by atoms with Crippen LogP contribution in [-0.4, -0.2) is 91.5 Å². The molecular weight excluding hydrogens is 985 g/mol. The van der Waals surface area contributed by atoms with Crippen LogP contribution in [0.1, 0.15) is 188 Å². The summed E-state index contributed by atoms with van der Waals surface area (Å²) < 4.78 is 56.7. The Labute approximate surface area is 433 Å². The molecule has 2 rings (SSSR count). The number of allylic oxidation sites excluding steroid dienone is 8. The number of aliphatic hydroxyl groups is 2. The number of anilines is 1. The number of ketones is 1. The van der Waals surface area contributed by atoms with Gasteiger partial charge in [-0.05, 0) is 56.6 Å². The number of nitrogens with two attached hydrogens (primary N) is 1. The van der Waals surface area contributed by atoms with Gasteiger partial charge in [0, 0.05) is 25.5 Å².